The van der Waals surface area contributed by atoms with Crippen LogP contribution in [0.5, 0.6) is 17.2 Å². The molecular weight excluding hydrogens is 416 g/mol. The van der Waals surface area contributed by atoms with Crippen molar-refractivity contribution in [3.8, 4) is 17.2 Å². The van der Waals surface area contributed by atoms with Crippen LogP contribution >= 0.6 is 12.4 Å². The van der Waals surface area contributed by atoms with Gasteiger partial charge in [-0.25, -0.2) is 0 Å². The van der Waals surface area contributed by atoms with E-state index in [-0.39, 0.29) is 18.3 Å². The van der Waals surface area contributed by atoms with E-state index < -0.39 is 0 Å². The van der Waals surface area contributed by atoms with E-state index >= 15 is 0 Å². The third kappa shape index (κ3) is 9.49. The number of hydrogen-bond acceptors (Lipinski definition) is 5. The summed E-state index contributed by atoms with van der Waals surface area (Å²) in [6.07, 6.45) is 2.38. The second-order valence-electron chi connectivity index (χ2n) is 6.81. The fraction of sp³-hybridized carbons (Fsp3) is 0.458. The van der Waals surface area contributed by atoms with E-state index in [4.69, 9.17) is 14.2 Å². The summed E-state index contributed by atoms with van der Waals surface area (Å²) in [5.41, 5.74) is 1.55. The number of carbonyl (C=O) groups excluding carboxylic acids is 1. The molecule has 0 aliphatic rings. The summed E-state index contributed by atoms with van der Waals surface area (Å²) in [7, 11) is 0. The third-order valence-electron chi connectivity index (χ3n) is 4.44. The van der Waals surface area contributed by atoms with Crippen LogP contribution in [0.2, 0.25) is 0 Å². The number of ether oxygens (including phenoxy) is 3. The molecular formula is C24H35ClN2O4. The maximum atomic E-state index is 12.5. The number of benzene rings is 2. The van der Waals surface area contributed by atoms with Gasteiger partial charge in [0.05, 0.1) is 13.2 Å². The Bertz CT molecular complexity index is 769. The van der Waals surface area contributed by atoms with Crippen LogP contribution in [0.25, 0.3) is 0 Å². The highest BCUT2D eigenvalue weighted by Crippen LogP contribution is 2.28. The largest absolute Gasteiger partial charge is 0.492 e. The number of hydrogen-bond donors (Lipinski definition) is 2. The molecule has 6 nitrogen and oxygen atoms in total. The second kappa shape index (κ2) is 15.4. The van der Waals surface area contributed by atoms with Crippen molar-refractivity contribution in [1.29, 1.82) is 0 Å². The van der Waals surface area contributed by atoms with Gasteiger partial charge in [-0.05, 0) is 62.7 Å². The van der Waals surface area contributed by atoms with Crippen LogP contribution in [0.15, 0.2) is 42.5 Å². The third-order valence-corrected chi connectivity index (χ3v) is 4.44. The smallest absolute Gasteiger partial charge is 0.251 e. The van der Waals surface area contributed by atoms with E-state index in [0.717, 1.165) is 24.4 Å². The van der Waals surface area contributed by atoms with Crippen molar-refractivity contribution >= 4 is 18.3 Å². The van der Waals surface area contributed by atoms with Crippen molar-refractivity contribution in [2.45, 2.75) is 40.2 Å². The van der Waals surface area contributed by atoms with Crippen LogP contribution in [-0.4, -0.2) is 38.8 Å². The molecule has 2 N–H and O–H groups in total. The molecule has 2 aromatic carbocycles. The molecule has 0 fully saturated rings. The Labute approximate surface area is 192 Å². The van der Waals surface area contributed by atoms with Crippen molar-refractivity contribution in [3.05, 3.63) is 53.6 Å². The molecule has 0 aliphatic carbocycles. The summed E-state index contributed by atoms with van der Waals surface area (Å²) < 4.78 is 16.9. The zero-order valence-electron chi connectivity index (χ0n) is 18.7. The minimum atomic E-state index is -0.155. The zero-order valence-corrected chi connectivity index (χ0v) is 19.6. The number of nitrogens with one attached hydrogen (secondary N) is 2. The molecule has 1 amide bonds. The number of carbonyl (C=O) groups is 1. The molecule has 0 unspecified atom stereocenters. The maximum absolute atomic E-state index is 12.5. The van der Waals surface area contributed by atoms with E-state index in [9.17, 15) is 4.79 Å². The summed E-state index contributed by atoms with van der Waals surface area (Å²) in [4.78, 5) is 12.5. The molecule has 0 radical (unpaired) electrons. The highest BCUT2D eigenvalue weighted by atomic mass is 35.5. The number of halogens is 1. The standard InChI is InChI=1S/C24H34N2O4.ClH/c1-4-7-14-25-15-16-30-21-11-8-19(9-12-21)18-26-24(27)20-10-13-22(28-5-2)23(17-20)29-6-3;/h8-13,17,25H,4-7,14-16,18H2,1-3H3,(H,26,27);1H. The lowest BCUT2D eigenvalue weighted by Crippen LogP contribution is -2.23. The number of rotatable bonds is 14. The average molecular weight is 451 g/mol. The molecule has 0 heterocycles. The van der Waals surface area contributed by atoms with Gasteiger partial charge < -0.3 is 24.8 Å². The van der Waals surface area contributed by atoms with Crippen LogP contribution in [-0.2, 0) is 6.54 Å². The highest BCUT2D eigenvalue weighted by Gasteiger charge is 2.11. The van der Waals surface area contributed by atoms with Gasteiger partial charge in [0.15, 0.2) is 11.5 Å². The first kappa shape index (κ1) is 26.6. The average Bonchev–Trinajstić information content (AvgIpc) is 2.77. The van der Waals surface area contributed by atoms with Crippen LogP contribution in [0.3, 0.4) is 0 Å². The van der Waals surface area contributed by atoms with Crippen molar-refractivity contribution in [1.82, 2.24) is 10.6 Å². The molecule has 0 saturated carbocycles. The Kier molecular flexibility index (Phi) is 13.2. The van der Waals surface area contributed by atoms with Crippen molar-refractivity contribution in [2.24, 2.45) is 0 Å². The van der Waals surface area contributed by atoms with Gasteiger partial charge in [0.2, 0.25) is 0 Å². The van der Waals surface area contributed by atoms with Crippen molar-refractivity contribution in [3.63, 3.8) is 0 Å². The topological polar surface area (TPSA) is 68.8 Å². The monoisotopic (exact) mass is 450 g/mol. The molecule has 172 valence electrons. The van der Waals surface area contributed by atoms with E-state index in [1.54, 1.807) is 18.2 Å². The van der Waals surface area contributed by atoms with Gasteiger partial charge in [-0.15, -0.1) is 12.4 Å². The van der Waals surface area contributed by atoms with Crippen LogP contribution in [0.1, 0.15) is 49.5 Å². The molecule has 31 heavy (non-hydrogen) atoms. The number of unbranched alkanes of at least 4 members (excludes halogenated alkanes) is 1. The molecule has 7 heteroatoms. The van der Waals surface area contributed by atoms with Gasteiger partial charge in [0, 0.05) is 18.7 Å². The summed E-state index contributed by atoms with van der Waals surface area (Å²) in [6.45, 7) is 9.99. The Morgan fingerprint density at radius 2 is 1.58 bits per heavy atom. The van der Waals surface area contributed by atoms with Crippen LogP contribution in [0, 0.1) is 0 Å². The Morgan fingerprint density at radius 1 is 0.871 bits per heavy atom. The molecule has 0 saturated heterocycles. The first-order valence-corrected chi connectivity index (χ1v) is 10.8. The van der Waals surface area contributed by atoms with Gasteiger partial charge in [0.25, 0.3) is 5.91 Å². The maximum Gasteiger partial charge on any atom is 0.251 e. The van der Waals surface area contributed by atoms with E-state index in [0.29, 0.717) is 43.4 Å². The highest BCUT2D eigenvalue weighted by molar-refractivity contribution is 5.94. The number of amides is 1. The predicted molar refractivity (Wildman–Crippen MR) is 127 cm³/mol. The summed E-state index contributed by atoms with van der Waals surface area (Å²) in [5.74, 6) is 1.90. The van der Waals surface area contributed by atoms with E-state index in [2.05, 4.69) is 17.6 Å². The minimum Gasteiger partial charge on any atom is -0.492 e. The quantitative estimate of drug-likeness (QED) is 0.411. The minimum absolute atomic E-state index is 0. The fourth-order valence-corrected chi connectivity index (χ4v) is 2.85. The lowest BCUT2D eigenvalue weighted by Gasteiger charge is -2.12. The molecule has 2 rings (SSSR count). The lowest BCUT2D eigenvalue weighted by atomic mass is 10.1. The molecule has 0 atom stereocenters. The van der Waals surface area contributed by atoms with Gasteiger partial charge in [-0.1, -0.05) is 25.5 Å². The summed E-state index contributed by atoms with van der Waals surface area (Å²) in [6, 6.07) is 13.0. The van der Waals surface area contributed by atoms with Gasteiger partial charge >= 0.3 is 0 Å². The normalized spacial score (nSPS) is 10.2. The van der Waals surface area contributed by atoms with E-state index in [1.807, 2.05) is 38.1 Å². The van der Waals surface area contributed by atoms with Crippen LogP contribution < -0.4 is 24.8 Å². The van der Waals surface area contributed by atoms with Crippen LogP contribution in [0.4, 0.5) is 0 Å². The Balaban J connectivity index is 0.00000480. The molecule has 0 bridgehead atoms. The Morgan fingerprint density at radius 3 is 2.26 bits per heavy atom. The first-order valence-electron chi connectivity index (χ1n) is 10.8. The van der Waals surface area contributed by atoms with Crippen molar-refractivity contribution in [2.75, 3.05) is 32.9 Å². The second-order valence-corrected chi connectivity index (χ2v) is 6.81. The van der Waals surface area contributed by atoms with Gasteiger partial charge in [-0.3, -0.25) is 4.79 Å². The zero-order chi connectivity index (χ0) is 21.6. The molecule has 0 aromatic heterocycles. The molecule has 2 aromatic rings. The lowest BCUT2D eigenvalue weighted by molar-refractivity contribution is 0.0950. The first-order chi connectivity index (χ1) is 14.7. The fourth-order valence-electron chi connectivity index (χ4n) is 2.85. The van der Waals surface area contributed by atoms with Crippen molar-refractivity contribution < 1.29 is 19.0 Å². The van der Waals surface area contributed by atoms with Gasteiger partial charge in [-0.2, -0.15) is 0 Å². The van der Waals surface area contributed by atoms with E-state index in [1.165, 1.54) is 12.8 Å². The molecule has 0 spiro atoms. The predicted octanol–water partition coefficient (Wildman–Crippen LogP) is 4.60. The Hall–Kier alpha value is -2.44. The summed E-state index contributed by atoms with van der Waals surface area (Å²) in [5, 5.41) is 6.29. The SMILES string of the molecule is CCCCNCCOc1ccc(CNC(=O)c2ccc(OCC)c(OCC)c2)cc1.Cl. The molecule has 0 aliphatic heterocycles. The summed E-state index contributed by atoms with van der Waals surface area (Å²) >= 11 is 0. The van der Waals surface area contributed by atoms with Gasteiger partial charge in [0.1, 0.15) is 12.4 Å².